The molecule has 7 nitrogen and oxygen atoms in total. The van der Waals surface area contributed by atoms with E-state index in [1.807, 2.05) is 0 Å². The fourth-order valence-corrected chi connectivity index (χ4v) is 3.06. The van der Waals surface area contributed by atoms with Gasteiger partial charge in [0.2, 0.25) is 0 Å². The minimum absolute atomic E-state index is 0.272. The standard InChI is InChI=1S/C20H19FN2O5/c1-20(13-5-7-14(21)8-6-13)18(25)23(19(26)22-20)11-15(24)12-4-9-16(27-2)17(10-12)28-3/h4-10H,11H2,1-3H3,(H,22,26)/t20-/m0/s1. The molecule has 8 heteroatoms. The number of benzene rings is 2. The van der Waals surface area contributed by atoms with Crippen LogP contribution in [0.3, 0.4) is 0 Å². The summed E-state index contributed by atoms with van der Waals surface area (Å²) in [5.74, 6) is -0.657. The van der Waals surface area contributed by atoms with Crippen LogP contribution in [0, 0.1) is 5.82 Å². The largest absolute Gasteiger partial charge is 0.493 e. The molecule has 0 spiro atoms. The Morgan fingerprint density at radius 3 is 2.32 bits per heavy atom. The summed E-state index contributed by atoms with van der Waals surface area (Å²) in [5.41, 5.74) is -0.676. The summed E-state index contributed by atoms with van der Waals surface area (Å²) >= 11 is 0. The second-order valence-corrected chi connectivity index (χ2v) is 6.45. The summed E-state index contributed by atoms with van der Waals surface area (Å²) < 4.78 is 23.5. The molecule has 0 radical (unpaired) electrons. The van der Waals surface area contributed by atoms with Gasteiger partial charge < -0.3 is 14.8 Å². The van der Waals surface area contributed by atoms with Crippen LogP contribution in [-0.4, -0.2) is 43.4 Å². The molecule has 1 fully saturated rings. The van der Waals surface area contributed by atoms with Crippen molar-refractivity contribution >= 4 is 17.7 Å². The molecule has 0 aliphatic carbocycles. The molecular formula is C20H19FN2O5. The first-order valence-electron chi connectivity index (χ1n) is 8.45. The minimum atomic E-state index is -1.37. The Bertz CT molecular complexity index is 944. The van der Waals surface area contributed by atoms with Crippen molar-refractivity contribution in [2.75, 3.05) is 20.8 Å². The van der Waals surface area contributed by atoms with Crippen LogP contribution in [-0.2, 0) is 10.3 Å². The first kappa shape index (κ1) is 19.3. The highest BCUT2D eigenvalue weighted by Gasteiger charge is 2.49. The number of ether oxygens (including phenoxy) is 2. The molecule has 28 heavy (non-hydrogen) atoms. The maximum atomic E-state index is 13.2. The van der Waals surface area contributed by atoms with Gasteiger partial charge in [-0.1, -0.05) is 12.1 Å². The Balaban J connectivity index is 1.83. The van der Waals surface area contributed by atoms with Gasteiger partial charge in [-0.25, -0.2) is 9.18 Å². The number of halogens is 1. The molecule has 0 unspecified atom stereocenters. The van der Waals surface area contributed by atoms with Gasteiger partial charge in [0, 0.05) is 5.56 Å². The number of urea groups is 1. The number of nitrogens with one attached hydrogen (secondary N) is 1. The lowest BCUT2D eigenvalue weighted by molar-refractivity contribution is -0.130. The van der Waals surface area contributed by atoms with Crippen LogP contribution in [0.1, 0.15) is 22.8 Å². The molecule has 3 rings (SSSR count). The Morgan fingerprint density at radius 2 is 1.71 bits per heavy atom. The lowest BCUT2D eigenvalue weighted by atomic mass is 9.92. The lowest BCUT2D eigenvalue weighted by Crippen LogP contribution is -2.41. The molecule has 2 aromatic carbocycles. The molecule has 0 saturated carbocycles. The third kappa shape index (κ3) is 3.28. The molecule has 1 heterocycles. The molecule has 1 aliphatic heterocycles. The maximum Gasteiger partial charge on any atom is 0.325 e. The van der Waals surface area contributed by atoms with Gasteiger partial charge >= 0.3 is 6.03 Å². The second-order valence-electron chi connectivity index (χ2n) is 6.45. The number of amides is 3. The predicted octanol–water partition coefficient (Wildman–Crippen LogP) is 2.49. The molecule has 0 aromatic heterocycles. The van der Waals surface area contributed by atoms with E-state index in [9.17, 15) is 18.8 Å². The van der Waals surface area contributed by atoms with Crippen molar-refractivity contribution in [1.82, 2.24) is 10.2 Å². The second kappa shape index (κ2) is 7.30. The van der Waals surface area contributed by atoms with Crippen LogP contribution in [0.5, 0.6) is 11.5 Å². The zero-order valence-electron chi connectivity index (χ0n) is 15.6. The van der Waals surface area contributed by atoms with Crippen LogP contribution in [0.4, 0.5) is 9.18 Å². The number of imide groups is 1. The van der Waals surface area contributed by atoms with Gasteiger partial charge in [-0.05, 0) is 42.8 Å². The van der Waals surface area contributed by atoms with E-state index in [0.717, 1.165) is 4.90 Å². The highest BCUT2D eigenvalue weighted by atomic mass is 19.1. The summed E-state index contributed by atoms with van der Waals surface area (Å²) in [5, 5.41) is 2.58. The summed E-state index contributed by atoms with van der Waals surface area (Å²) in [6, 6.07) is 9.15. The van der Waals surface area contributed by atoms with Gasteiger partial charge in [0.15, 0.2) is 17.3 Å². The molecule has 3 amide bonds. The molecule has 1 atom stereocenters. The molecule has 1 aliphatic rings. The zero-order valence-corrected chi connectivity index (χ0v) is 15.6. The quantitative estimate of drug-likeness (QED) is 0.609. The molecule has 0 bridgehead atoms. The van der Waals surface area contributed by atoms with Crippen LogP contribution in [0.25, 0.3) is 0 Å². The van der Waals surface area contributed by atoms with Crippen molar-refractivity contribution in [2.24, 2.45) is 0 Å². The van der Waals surface area contributed by atoms with Crippen LogP contribution >= 0.6 is 0 Å². The predicted molar refractivity (Wildman–Crippen MR) is 97.9 cm³/mol. The number of methoxy groups -OCH3 is 2. The zero-order chi connectivity index (χ0) is 20.5. The summed E-state index contributed by atoms with van der Waals surface area (Å²) in [7, 11) is 2.92. The van der Waals surface area contributed by atoms with Gasteiger partial charge in [0.05, 0.1) is 20.8 Å². The number of Topliss-reactive ketones (excluding diaryl/α,β-unsaturated/α-hetero) is 1. The van der Waals surface area contributed by atoms with E-state index in [1.54, 1.807) is 6.07 Å². The first-order valence-corrected chi connectivity index (χ1v) is 8.45. The fraction of sp³-hybridized carbons (Fsp3) is 0.250. The number of rotatable bonds is 6. The molecule has 1 saturated heterocycles. The number of hydrogen-bond donors (Lipinski definition) is 1. The average Bonchev–Trinajstić information content (AvgIpc) is 2.91. The van der Waals surface area contributed by atoms with Crippen LogP contribution < -0.4 is 14.8 Å². The highest BCUT2D eigenvalue weighted by molar-refractivity contribution is 6.11. The Kier molecular flexibility index (Phi) is 5.04. The Morgan fingerprint density at radius 1 is 1.07 bits per heavy atom. The van der Waals surface area contributed by atoms with E-state index < -0.39 is 35.6 Å². The summed E-state index contributed by atoms with van der Waals surface area (Å²) in [6.07, 6.45) is 0. The van der Waals surface area contributed by atoms with Crippen molar-refractivity contribution in [2.45, 2.75) is 12.5 Å². The number of hydrogen-bond acceptors (Lipinski definition) is 5. The third-order valence-corrected chi connectivity index (χ3v) is 4.70. The van der Waals surface area contributed by atoms with Gasteiger partial charge in [-0.3, -0.25) is 14.5 Å². The van der Waals surface area contributed by atoms with Crippen molar-refractivity contribution in [3.05, 3.63) is 59.4 Å². The van der Waals surface area contributed by atoms with Gasteiger partial charge in [0.1, 0.15) is 11.4 Å². The molecule has 146 valence electrons. The van der Waals surface area contributed by atoms with Crippen LogP contribution in [0.15, 0.2) is 42.5 Å². The summed E-state index contributed by atoms with van der Waals surface area (Å²) in [4.78, 5) is 38.7. The number of carbonyl (C=O) groups is 3. The number of carbonyl (C=O) groups excluding carboxylic acids is 3. The molecule has 2 aromatic rings. The van der Waals surface area contributed by atoms with Crippen molar-refractivity contribution in [3.8, 4) is 11.5 Å². The van der Waals surface area contributed by atoms with E-state index in [-0.39, 0.29) is 5.56 Å². The monoisotopic (exact) mass is 386 g/mol. The Labute approximate surface area is 161 Å². The van der Waals surface area contributed by atoms with E-state index in [2.05, 4.69) is 5.32 Å². The van der Waals surface area contributed by atoms with E-state index in [1.165, 1.54) is 57.5 Å². The lowest BCUT2D eigenvalue weighted by Gasteiger charge is -2.22. The van der Waals surface area contributed by atoms with Crippen molar-refractivity contribution in [3.63, 3.8) is 0 Å². The SMILES string of the molecule is COc1ccc(C(=O)CN2C(=O)N[C@@](C)(c3ccc(F)cc3)C2=O)cc1OC. The number of ketones is 1. The average molecular weight is 386 g/mol. The van der Waals surface area contributed by atoms with Gasteiger partial charge in [0.25, 0.3) is 5.91 Å². The number of nitrogens with zero attached hydrogens (tertiary/aromatic N) is 1. The maximum absolute atomic E-state index is 13.2. The smallest absolute Gasteiger partial charge is 0.325 e. The topological polar surface area (TPSA) is 84.9 Å². The first-order chi connectivity index (χ1) is 13.3. The molecule has 1 N–H and O–H groups in total. The van der Waals surface area contributed by atoms with E-state index in [4.69, 9.17) is 9.47 Å². The van der Waals surface area contributed by atoms with Crippen LogP contribution in [0.2, 0.25) is 0 Å². The van der Waals surface area contributed by atoms with E-state index >= 15 is 0 Å². The third-order valence-electron chi connectivity index (χ3n) is 4.70. The Hall–Kier alpha value is -3.42. The highest BCUT2D eigenvalue weighted by Crippen LogP contribution is 2.30. The minimum Gasteiger partial charge on any atom is -0.493 e. The normalized spacial score (nSPS) is 18.8. The van der Waals surface area contributed by atoms with E-state index in [0.29, 0.717) is 17.1 Å². The fourth-order valence-electron chi connectivity index (χ4n) is 3.06. The van der Waals surface area contributed by atoms with Gasteiger partial charge in [-0.2, -0.15) is 0 Å². The van der Waals surface area contributed by atoms with Gasteiger partial charge in [-0.15, -0.1) is 0 Å². The summed E-state index contributed by atoms with van der Waals surface area (Å²) in [6.45, 7) is 1.08. The molecular weight excluding hydrogens is 367 g/mol. The van der Waals surface area contributed by atoms with Crippen molar-refractivity contribution < 1.29 is 28.2 Å². The van der Waals surface area contributed by atoms with Crippen molar-refractivity contribution in [1.29, 1.82) is 0 Å².